The third-order valence-corrected chi connectivity index (χ3v) is 3.36. The third kappa shape index (κ3) is 3.24. The topological polar surface area (TPSA) is 66.0 Å². The summed E-state index contributed by atoms with van der Waals surface area (Å²) in [4.78, 5) is 0.720. The molecule has 0 atom stereocenters. The van der Waals surface area contributed by atoms with E-state index in [0.717, 1.165) is 16.9 Å². The van der Waals surface area contributed by atoms with Gasteiger partial charge in [-0.05, 0) is 24.3 Å². The summed E-state index contributed by atoms with van der Waals surface area (Å²) in [7, 11) is 1.48. The van der Waals surface area contributed by atoms with Gasteiger partial charge in [0.25, 0.3) is 0 Å². The largest absolute Gasteiger partial charge is 0.453 e. The first-order valence-electron chi connectivity index (χ1n) is 6.02. The van der Waals surface area contributed by atoms with E-state index in [1.54, 1.807) is 12.1 Å². The Hall–Kier alpha value is -2.68. The van der Waals surface area contributed by atoms with Gasteiger partial charge in [0.15, 0.2) is 17.4 Å². The third-order valence-electron chi connectivity index (χ3n) is 2.72. The molecule has 2 rings (SSSR count). The average molecular weight is 336 g/mol. The summed E-state index contributed by atoms with van der Waals surface area (Å²) in [6, 6.07) is 8.53. The number of nitrogens with zero attached hydrogens (tertiary/aromatic N) is 2. The lowest BCUT2D eigenvalue weighted by atomic mass is 10.1. The molecule has 0 amide bonds. The van der Waals surface area contributed by atoms with Crippen molar-refractivity contribution >= 4 is 12.0 Å². The molecule has 0 heterocycles. The van der Waals surface area contributed by atoms with Crippen LogP contribution in [0.1, 0.15) is 11.1 Å². The fraction of sp³-hybridized carbons (Fsp3) is 0.0667. The minimum atomic E-state index is -1.70. The molecule has 0 saturated heterocycles. The van der Waals surface area contributed by atoms with Gasteiger partial charge in [-0.3, -0.25) is 0 Å². The quantitative estimate of drug-likeness (QED) is 0.615. The van der Waals surface area contributed by atoms with E-state index < -0.39 is 34.3 Å². The van der Waals surface area contributed by atoms with Gasteiger partial charge in [-0.15, -0.1) is 0 Å². The molecular weight excluding hydrogens is 329 g/mol. The summed E-state index contributed by atoms with van der Waals surface area (Å²) in [6.07, 6.45) is 0. The van der Waals surface area contributed by atoms with E-state index >= 15 is 0 Å². The summed E-state index contributed by atoms with van der Waals surface area (Å²) in [5.74, 6) is -5.62. The first-order chi connectivity index (χ1) is 11.0. The van der Waals surface area contributed by atoms with Crippen molar-refractivity contribution in [2.75, 3.05) is 7.11 Å². The molecule has 0 aliphatic heterocycles. The highest BCUT2D eigenvalue weighted by molar-refractivity contribution is 7.94. The van der Waals surface area contributed by atoms with Crippen LogP contribution in [0.5, 0.6) is 11.5 Å². The first-order valence-corrected chi connectivity index (χ1v) is 6.76. The minimum Gasteiger partial charge on any atom is -0.453 e. The van der Waals surface area contributed by atoms with Gasteiger partial charge < -0.3 is 8.92 Å². The van der Waals surface area contributed by atoms with E-state index in [9.17, 15) is 13.2 Å². The summed E-state index contributed by atoms with van der Waals surface area (Å²) < 4.78 is 51.4. The molecule has 23 heavy (non-hydrogen) atoms. The molecule has 0 saturated carbocycles. The van der Waals surface area contributed by atoms with Crippen LogP contribution in [-0.2, 0) is 4.18 Å². The molecule has 0 aromatic heterocycles. The smallest absolute Gasteiger partial charge is 0.204 e. The predicted molar refractivity (Wildman–Crippen MR) is 75.1 cm³/mol. The molecular formula is C15H7F3N2O2S. The van der Waals surface area contributed by atoms with Crippen LogP contribution in [0.3, 0.4) is 0 Å². The summed E-state index contributed by atoms with van der Waals surface area (Å²) in [5, 5.41) is 17.6. The molecule has 0 aliphatic rings. The Kier molecular flexibility index (Phi) is 5.12. The highest BCUT2D eigenvalue weighted by atomic mass is 32.2. The fourth-order valence-corrected chi connectivity index (χ4v) is 2.15. The molecule has 0 fully saturated rings. The van der Waals surface area contributed by atoms with Crippen LogP contribution in [0.2, 0.25) is 0 Å². The van der Waals surface area contributed by atoms with Gasteiger partial charge in [0.05, 0.1) is 7.11 Å². The van der Waals surface area contributed by atoms with Crippen molar-refractivity contribution in [3.8, 4) is 23.6 Å². The van der Waals surface area contributed by atoms with Gasteiger partial charge in [-0.2, -0.15) is 14.9 Å². The first kappa shape index (κ1) is 16.7. The lowest BCUT2D eigenvalue weighted by Crippen LogP contribution is -2.03. The molecule has 2 aromatic rings. The van der Waals surface area contributed by atoms with Gasteiger partial charge >= 0.3 is 0 Å². The number of ether oxygens (including phenoxy) is 1. The molecule has 2 aromatic carbocycles. The number of hydrogen-bond acceptors (Lipinski definition) is 5. The predicted octanol–water partition coefficient (Wildman–Crippen LogP) is 4.29. The second kappa shape index (κ2) is 7.05. The van der Waals surface area contributed by atoms with E-state index in [4.69, 9.17) is 19.4 Å². The lowest BCUT2D eigenvalue weighted by Gasteiger charge is -2.11. The number of benzene rings is 2. The van der Waals surface area contributed by atoms with Gasteiger partial charge in [-0.25, -0.2) is 8.78 Å². The van der Waals surface area contributed by atoms with Crippen LogP contribution in [0.15, 0.2) is 29.2 Å². The molecule has 116 valence electrons. The van der Waals surface area contributed by atoms with Crippen LogP contribution in [0.25, 0.3) is 0 Å². The van der Waals surface area contributed by atoms with Crippen molar-refractivity contribution in [3.63, 3.8) is 0 Å². The van der Waals surface area contributed by atoms with Crippen LogP contribution in [0.4, 0.5) is 13.2 Å². The van der Waals surface area contributed by atoms with Crippen LogP contribution < -0.4 is 4.74 Å². The summed E-state index contributed by atoms with van der Waals surface area (Å²) >= 11 is 1.07. The van der Waals surface area contributed by atoms with Crippen molar-refractivity contribution in [1.29, 1.82) is 10.5 Å². The van der Waals surface area contributed by atoms with E-state index in [0.29, 0.717) is 0 Å². The number of nitriles is 2. The molecule has 8 heteroatoms. The Labute approximate surface area is 133 Å². The molecule has 4 nitrogen and oxygen atoms in total. The van der Waals surface area contributed by atoms with Crippen molar-refractivity contribution < 1.29 is 22.1 Å². The van der Waals surface area contributed by atoms with Crippen LogP contribution >= 0.6 is 12.0 Å². The SMILES string of the molecule is COSc1ccc(Oc2c(F)c(F)c(C#N)c(F)c2C#N)cc1. The molecule has 0 unspecified atom stereocenters. The zero-order valence-corrected chi connectivity index (χ0v) is 12.4. The van der Waals surface area contributed by atoms with Crippen molar-refractivity contribution in [1.82, 2.24) is 0 Å². The van der Waals surface area contributed by atoms with Crippen LogP contribution in [-0.4, -0.2) is 7.11 Å². The average Bonchev–Trinajstić information content (AvgIpc) is 2.55. The number of rotatable bonds is 4. The summed E-state index contributed by atoms with van der Waals surface area (Å²) in [6.45, 7) is 0. The molecule has 0 radical (unpaired) electrons. The fourth-order valence-electron chi connectivity index (χ4n) is 1.71. The normalized spacial score (nSPS) is 10.0. The Morgan fingerprint density at radius 2 is 1.52 bits per heavy atom. The molecule has 0 N–H and O–H groups in total. The maximum Gasteiger partial charge on any atom is 0.204 e. The summed E-state index contributed by atoms with van der Waals surface area (Å²) in [5.41, 5.74) is -2.05. The molecule has 0 aliphatic carbocycles. The lowest BCUT2D eigenvalue weighted by molar-refractivity contribution is 0.404. The maximum atomic E-state index is 14.0. The van der Waals surface area contributed by atoms with Crippen molar-refractivity contribution in [2.45, 2.75) is 4.90 Å². The minimum absolute atomic E-state index is 0.0596. The second-order valence-electron chi connectivity index (χ2n) is 4.07. The number of hydrogen-bond donors (Lipinski definition) is 0. The Morgan fingerprint density at radius 3 is 2.04 bits per heavy atom. The monoisotopic (exact) mass is 336 g/mol. The van der Waals surface area contributed by atoms with E-state index in [1.165, 1.54) is 31.4 Å². The van der Waals surface area contributed by atoms with Gasteiger partial charge in [0.1, 0.15) is 29.0 Å². The Bertz CT molecular complexity index is 827. The Balaban J connectivity index is 2.48. The van der Waals surface area contributed by atoms with Gasteiger partial charge in [-0.1, -0.05) is 0 Å². The Morgan fingerprint density at radius 1 is 0.913 bits per heavy atom. The van der Waals surface area contributed by atoms with E-state index in [-0.39, 0.29) is 5.75 Å². The van der Waals surface area contributed by atoms with Crippen LogP contribution in [0, 0.1) is 40.1 Å². The maximum absolute atomic E-state index is 14.0. The van der Waals surface area contributed by atoms with Gasteiger partial charge in [0, 0.05) is 16.9 Å². The van der Waals surface area contributed by atoms with Crippen molar-refractivity contribution in [3.05, 3.63) is 52.8 Å². The van der Waals surface area contributed by atoms with E-state index in [1.807, 2.05) is 0 Å². The molecule has 0 spiro atoms. The zero-order chi connectivity index (χ0) is 17.0. The standard InChI is InChI=1S/C15H7F3N2O2S/c1-21-23-9-4-2-8(3-5-9)22-15-11(7-20)12(16)10(6-19)13(17)14(15)18/h2-5H,1H3. The number of halogens is 3. The molecule has 0 bridgehead atoms. The van der Waals surface area contributed by atoms with Gasteiger partial charge in [0.2, 0.25) is 5.82 Å². The van der Waals surface area contributed by atoms with Crippen molar-refractivity contribution in [2.24, 2.45) is 0 Å². The second-order valence-corrected chi connectivity index (χ2v) is 5.04. The van der Waals surface area contributed by atoms with E-state index in [2.05, 4.69) is 0 Å². The highest BCUT2D eigenvalue weighted by Gasteiger charge is 2.26. The highest BCUT2D eigenvalue weighted by Crippen LogP contribution is 2.34. The zero-order valence-electron chi connectivity index (χ0n) is 11.6.